The molecule has 2 aromatic carbocycles. The minimum Gasteiger partial charge on any atom is -0.472 e. The van der Waals surface area contributed by atoms with Crippen LogP contribution in [0, 0.1) is 5.92 Å². The number of nitrogens with zero attached hydrogens (tertiary/aromatic N) is 3. The number of benzene rings is 2. The average Bonchev–Trinajstić information content (AvgIpc) is 2.69. The molecule has 0 radical (unpaired) electrons. The summed E-state index contributed by atoms with van der Waals surface area (Å²) in [7, 11) is 0. The van der Waals surface area contributed by atoms with E-state index >= 15 is 0 Å². The van der Waals surface area contributed by atoms with E-state index in [0.29, 0.717) is 11.8 Å². The van der Waals surface area contributed by atoms with Crippen molar-refractivity contribution in [1.29, 1.82) is 0 Å². The van der Waals surface area contributed by atoms with Crippen molar-refractivity contribution in [2.75, 3.05) is 19.6 Å². The Morgan fingerprint density at radius 3 is 2.48 bits per heavy atom. The molecular weight excluding hydrogens is 310 g/mol. The zero-order chi connectivity index (χ0) is 16.6. The van der Waals surface area contributed by atoms with Crippen LogP contribution in [0.1, 0.15) is 12.8 Å². The molecule has 1 atom stereocenters. The van der Waals surface area contributed by atoms with Crippen LogP contribution in [-0.2, 0) is 0 Å². The maximum absolute atomic E-state index is 6.15. The third kappa shape index (κ3) is 2.76. The second kappa shape index (κ2) is 6.12. The Balaban J connectivity index is 1.40. The summed E-state index contributed by atoms with van der Waals surface area (Å²) in [5, 5.41) is 11.2. The van der Waals surface area contributed by atoms with Crippen molar-refractivity contribution in [2.24, 2.45) is 5.92 Å². The Bertz CT molecular complexity index is 880. The second-order valence-corrected chi connectivity index (χ2v) is 7.08. The van der Waals surface area contributed by atoms with Gasteiger partial charge in [-0.3, -0.25) is 4.90 Å². The summed E-state index contributed by atoms with van der Waals surface area (Å²) in [5.41, 5.74) is 2.00. The van der Waals surface area contributed by atoms with Crippen LogP contribution in [0.15, 0.2) is 54.6 Å². The van der Waals surface area contributed by atoms with Gasteiger partial charge in [-0.15, -0.1) is 10.2 Å². The number of hydrogen-bond donors (Lipinski definition) is 0. The van der Waals surface area contributed by atoms with E-state index in [4.69, 9.17) is 4.74 Å². The van der Waals surface area contributed by atoms with Crippen LogP contribution in [0.25, 0.3) is 22.0 Å². The van der Waals surface area contributed by atoms with Gasteiger partial charge in [-0.2, -0.15) is 0 Å². The molecular formula is C21H21N3O. The van der Waals surface area contributed by atoms with Crippen LogP contribution in [-0.4, -0.2) is 40.8 Å². The Kier molecular flexibility index (Phi) is 3.63. The standard InChI is InChI=1S/C21H21N3O/c1-2-6-17-15(4-1)5-3-7-18(17)19-8-9-21(23-22-19)25-20-14-24-12-10-16(20)11-13-24/h1-9,16,20H,10-14H2/t20-/m0/s1. The Morgan fingerprint density at radius 2 is 1.72 bits per heavy atom. The van der Waals surface area contributed by atoms with E-state index in [1.807, 2.05) is 12.1 Å². The normalized spacial score (nSPS) is 25.2. The van der Waals surface area contributed by atoms with Gasteiger partial charge < -0.3 is 4.74 Å². The van der Waals surface area contributed by atoms with Gasteiger partial charge >= 0.3 is 0 Å². The van der Waals surface area contributed by atoms with Crippen molar-refractivity contribution in [1.82, 2.24) is 15.1 Å². The van der Waals surface area contributed by atoms with Crippen LogP contribution in [0.4, 0.5) is 0 Å². The molecule has 6 rings (SSSR count). The van der Waals surface area contributed by atoms with Crippen molar-refractivity contribution in [2.45, 2.75) is 18.9 Å². The Labute approximate surface area is 147 Å². The first kappa shape index (κ1) is 14.8. The molecule has 3 saturated heterocycles. The molecule has 1 aromatic heterocycles. The fourth-order valence-electron chi connectivity index (χ4n) is 4.17. The van der Waals surface area contributed by atoms with Crippen LogP contribution < -0.4 is 4.74 Å². The lowest BCUT2D eigenvalue weighted by molar-refractivity contribution is -0.0103. The number of rotatable bonds is 3. The van der Waals surface area contributed by atoms with Gasteiger partial charge in [0.25, 0.3) is 0 Å². The first-order valence-electron chi connectivity index (χ1n) is 9.08. The SMILES string of the molecule is c1ccc2c(-c3ccc(O[C@H]4CN5CCC4CC5)nn3)cccc2c1. The number of piperidine rings is 3. The molecule has 3 aliphatic rings. The number of hydrogen-bond acceptors (Lipinski definition) is 4. The highest BCUT2D eigenvalue weighted by Gasteiger charge is 2.35. The lowest BCUT2D eigenvalue weighted by Crippen LogP contribution is -2.52. The zero-order valence-electron chi connectivity index (χ0n) is 14.1. The second-order valence-electron chi connectivity index (χ2n) is 7.08. The maximum atomic E-state index is 6.15. The van der Waals surface area contributed by atoms with Crippen molar-refractivity contribution in [3.05, 3.63) is 54.6 Å². The van der Waals surface area contributed by atoms with Gasteiger partial charge in [0.05, 0.1) is 5.69 Å². The molecule has 3 aromatic rings. The molecule has 4 heteroatoms. The first-order valence-corrected chi connectivity index (χ1v) is 9.08. The summed E-state index contributed by atoms with van der Waals surface area (Å²) < 4.78 is 6.15. The molecule has 0 N–H and O–H groups in total. The highest BCUT2D eigenvalue weighted by molar-refractivity contribution is 5.95. The highest BCUT2D eigenvalue weighted by atomic mass is 16.5. The number of ether oxygens (including phenoxy) is 1. The van der Waals surface area contributed by atoms with Crippen LogP contribution in [0.3, 0.4) is 0 Å². The van der Waals surface area contributed by atoms with Crippen molar-refractivity contribution >= 4 is 10.8 Å². The summed E-state index contributed by atoms with van der Waals surface area (Å²) in [4.78, 5) is 2.49. The predicted octanol–water partition coefficient (Wildman–Crippen LogP) is 3.77. The fraction of sp³-hybridized carbons (Fsp3) is 0.333. The molecule has 126 valence electrons. The summed E-state index contributed by atoms with van der Waals surface area (Å²) in [6.45, 7) is 3.46. The molecule has 4 nitrogen and oxygen atoms in total. The molecule has 0 amide bonds. The van der Waals surface area contributed by atoms with Crippen LogP contribution >= 0.6 is 0 Å². The summed E-state index contributed by atoms with van der Waals surface area (Å²) in [6.07, 6.45) is 2.75. The fourth-order valence-corrected chi connectivity index (χ4v) is 4.17. The quantitative estimate of drug-likeness (QED) is 0.732. The van der Waals surface area contributed by atoms with Gasteiger partial charge in [-0.05, 0) is 48.7 Å². The zero-order valence-corrected chi connectivity index (χ0v) is 14.1. The van der Waals surface area contributed by atoms with Gasteiger partial charge in [0.1, 0.15) is 6.10 Å². The summed E-state index contributed by atoms with van der Waals surface area (Å²) in [6, 6.07) is 18.6. The topological polar surface area (TPSA) is 38.2 Å². The molecule has 4 heterocycles. The lowest BCUT2D eigenvalue weighted by atomic mass is 9.86. The Morgan fingerprint density at radius 1 is 0.880 bits per heavy atom. The average molecular weight is 331 g/mol. The highest BCUT2D eigenvalue weighted by Crippen LogP contribution is 2.31. The molecule has 3 fully saturated rings. The van der Waals surface area contributed by atoms with Gasteiger partial charge in [0, 0.05) is 18.2 Å². The lowest BCUT2D eigenvalue weighted by Gasteiger charge is -2.44. The third-order valence-electron chi connectivity index (χ3n) is 5.57. The van der Waals surface area contributed by atoms with Gasteiger partial charge in [0.2, 0.25) is 5.88 Å². The van der Waals surface area contributed by atoms with Crippen molar-refractivity contribution in [3.63, 3.8) is 0 Å². The number of fused-ring (bicyclic) bond motifs is 4. The smallest absolute Gasteiger partial charge is 0.233 e. The Hall–Kier alpha value is -2.46. The third-order valence-corrected chi connectivity index (χ3v) is 5.57. The molecule has 3 aliphatic heterocycles. The van der Waals surface area contributed by atoms with Crippen molar-refractivity contribution in [3.8, 4) is 17.1 Å². The largest absolute Gasteiger partial charge is 0.472 e. The first-order chi connectivity index (χ1) is 12.4. The van der Waals surface area contributed by atoms with Gasteiger partial charge in [-0.1, -0.05) is 42.5 Å². The van der Waals surface area contributed by atoms with E-state index in [1.54, 1.807) is 0 Å². The molecule has 0 unspecified atom stereocenters. The van der Waals surface area contributed by atoms with Crippen molar-refractivity contribution < 1.29 is 4.74 Å². The van der Waals surface area contributed by atoms with E-state index in [0.717, 1.165) is 17.8 Å². The maximum Gasteiger partial charge on any atom is 0.233 e. The minimum atomic E-state index is 0.264. The van der Waals surface area contributed by atoms with E-state index in [9.17, 15) is 0 Å². The van der Waals surface area contributed by atoms with E-state index < -0.39 is 0 Å². The monoisotopic (exact) mass is 331 g/mol. The summed E-state index contributed by atoms with van der Waals surface area (Å²) >= 11 is 0. The number of aromatic nitrogens is 2. The summed E-state index contributed by atoms with van der Waals surface area (Å²) in [5.74, 6) is 1.31. The molecule has 0 aliphatic carbocycles. The molecule has 0 saturated carbocycles. The van der Waals surface area contributed by atoms with E-state index in [1.165, 1.54) is 36.7 Å². The van der Waals surface area contributed by atoms with Gasteiger partial charge in [-0.25, -0.2) is 0 Å². The van der Waals surface area contributed by atoms with Crippen LogP contribution in [0.5, 0.6) is 5.88 Å². The molecule has 0 spiro atoms. The van der Waals surface area contributed by atoms with Gasteiger partial charge in [0.15, 0.2) is 0 Å². The van der Waals surface area contributed by atoms with Crippen LogP contribution in [0.2, 0.25) is 0 Å². The van der Waals surface area contributed by atoms with E-state index in [-0.39, 0.29) is 6.10 Å². The molecule has 2 bridgehead atoms. The van der Waals surface area contributed by atoms with E-state index in [2.05, 4.69) is 57.6 Å². The molecule has 25 heavy (non-hydrogen) atoms. The minimum absolute atomic E-state index is 0.264. The predicted molar refractivity (Wildman–Crippen MR) is 98.6 cm³/mol.